The number of nitrogens with zero attached hydrogens (tertiary/aromatic N) is 1. The summed E-state index contributed by atoms with van der Waals surface area (Å²) in [6, 6.07) is 7.62. The molecule has 3 nitrogen and oxygen atoms in total. The largest absolute Gasteiger partial charge is 0.391 e. The second-order valence-electron chi connectivity index (χ2n) is 5.74. The van der Waals surface area contributed by atoms with E-state index in [2.05, 4.69) is 13.8 Å². The molecule has 0 saturated carbocycles. The Balaban J connectivity index is 2.30. The van der Waals surface area contributed by atoms with Crippen LogP contribution in [0.1, 0.15) is 42.6 Å². The van der Waals surface area contributed by atoms with Crippen molar-refractivity contribution >= 4 is 5.91 Å². The van der Waals surface area contributed by atoms with Crippen LogP contribution in [0.2, 0.25) is 0 Å². The van der Waals surface area contributed by atoms with Crippen LogP contribution in [0.3, 0.4) is 0 Å². The molecule has 2 rings (SSSR count). The second kappa shape index (κ2) is 4.73. The molecule has 1 unspecified atom stereocenters. The zero-order valence-electron chi connectivity index (χ0n) is 11.3. The summed E-state index contributed by atoms with van der Waals surface area (Å²) in [4.78, 5) is 14.4. The number of aryl methyl sites for hydroxylation is 1. The van der Waals surface area contributed by atoms with E-state index >= 15 is 0 Å². The van der Waals surface area contributed by atoms with Crippen molar-refractivity contribution < 1.29 is 9.90 Å². The summed E-state index contributed by atoms with van der Waals surface area (Å²) in [7, 11) is 0. The molecule has 0 radical (unpaired) electrons. The number of aliphatic hydroxyl groups excluding tert-OH is 1. The molecule has 1 aromatic rings. The molecule has 0 spiro atoms. The number of β-amino-alcohol motifs (C(OH)–C–C–N with tert-alkyl or cyclic N) is 1. The summed E-state index contributed by atoms with van der Waals surface area (Å²) in [5, 5.41) is 9.78. The molecule has 98 valence electrons. The molecule has 1 aromatic carbocycles. The van der Waals surface area contributed by atoms with Crippen LogP contribution < -0.4 is 0 Å². The van der Waals surface area contributed by atoms with Gasteiger partial charge in [-0.15, -0.1) is 0 Å². The van der Waals surface area contributed by atoms with Crippen molar-refractivity contribution in [2.24, 2.45) is 0 Å². The van der Waals surface area contributed by atoms with Crippen molar-refractivity contribution in [2.75, 3.05) is 6.54 Å². The van der Waals surface area contributed by atoms with Gasteiger partial charge in [0, 0.05) is 17.6 Å². The number of aliphatic hydroxyl groups is 1. The minimum absolute atomic E-state index is 0.0249. The van der Waals surface area contributed by atoms with Crippen molar-refractivity contribution in [3.8, 4) is 0 Å². The fourth-order valence-corrected chi connectivity index (χ4v) is 2.52. The number of likely N-dealkylation sites (tertiary alicyclic amines) is 1. The highest BCUT2D eigenvalue weighted by atomic mass is 16.3. The van der Waals surface area contributed by atoms with Crippen molar-refractivity contribution in [1.29, 1.82) is 0 Å². The molecule has 1 aliphatic heterocycles. The molecule has 1 saturated heterocycles. The maximum Gasteiger partial charge on any atom is 0.254 e. The van der Waals surface area contributed by atoms with Crippen LogP contribution in [-0.2, 0) is 0 Å². The smallest absolute Gasteiger partial charge is 0.254 e. The van der Waals surface area contributed by atoms with Gasteiger partial charge in [-0.05, 0) is 45.2 Å². The summed E-state index contributed by atoms with van der Waals surface area (Å²) in [5.41, 5.74) is 1.54. The SMILES string of the molecule is Cc1ccccc1C(=O)N1CC(O)CCC1(C)C. The van der Waals surface area contributed by atoms with E-state index in [1.54, 1.807) is 0 Å². The van der Waals surface area contributed by atoms with Gasteiger partial charge in [-0.3, -0.25) is 4.79 Å². The second-order valence-corrected chi connectivity index (χ2v) is 5.74. The van der Waals surface area contributed by atoms with Crippen molar-refractivity contribution in [3.05, 3.63) is 35.4 Å². The average molecular weight is 247 g/mol. The predicted molar refractivity (Wildman–Crippen MR) is 71.5 cm³/mol. The lowest BCUT2D eigenvalue weighted by molar-refractivity contribution is 0.00149. The third kappa shape index (κ3) is 2.41. The summed E-state index contributed by atoms with van der Waals surface area (Å²) in [6.45, 7) is 6.50. The molecule has 1 amide bonds. The summed E-state index contributed by atoms with van der Waals surface area (Å²) in [6.07, 6.45) is 1.21. The lowest BCUT2D eigenvalue weighted by Gasteiger charge is -2.44. The summed E-state index contributed by atoms with van der Waals surface area (Å²) < 4.78 is 0. The van der Waals surface area contributed by atoms with Gasteiger partial charge in [0.2, 0.25) is 0 Å². The molecule has 0 bridgehead atoms. The Morgan fingerprint density at radius 3 is 2.72 bits per heavy atom. The van der Waals surface area contributed by atoms with Crippen LogP contribution in [0.5, 0.6) is 0 Å². The van der Waals surface area contributed by atoms with E-state index in [-0.39, 0.29) is 11.4 Å². The zero-order chi connectivity index (χ0) is 13.3. The first kappa shape index (κ1) is 13.1. The number of hydrogen-bond donors (Lipinski definition) is 1. The van der Waals surface area contributed by atoms with Crippen LogP contribution in [-0.4, -0.2) is 34.1 Å². The minimum atomic E-state index is -0.397. The first-order valence-corrected chi connectivity index (χ1v) is 6.47. The zero-order valence-corrected chi connectivity index (χ0v) is 11.3. The standard InChI is InChI=1S/C15H21NO2/c1-11-6-4-5-7-13(11)14(18)16-10-12(17)8-9-15(16,2)3/h4-7,12,17H,8-10H2,1-3H3. The summed E-state index contributed by atoms with van der Waals surface area (Å²) >= 11 is 0. The number of piperidine rings is 1. The monoisotopic (exact) mass is 247 g/mol. The van der Waals surface area contributed by atoms with Crippen molar-refractivity contribution in [1.82, 2.24) is 4.90 Å². The quantitative estimate of drug-likeness (QED) is 0.827. The molecule has 3 heteroatoms. The van der Waals surface area contributed by atoms with E-state index in [4.69, 9.17) is 0 Å². The van der Waals surface area contributed by atoms with Gasteiger partial charge < -0.3 is 10.0 Å². The van der Waals surface area contributed by atoms with Crippen LogP contribution in [0.4, 0.5) is 0 Å². The van der Waals surface area contributed by atoms with Gasteiger partial charge in [0.05, 0.1) is 6.10 Å². The normalized spacial score (nSPS) is 22.9. The molecule has 1 heterocycles. The fraction of sp³-hybridized carbons (Fsp3) is 0.533. The Kier molecular flexibility index (Phi) is 3.44. The van der Waals surface area contributed by atoms with E-state index in [1.165, 1.54) is 0 Å². The van der Waals surface area contributed by atoms with E-state index in [0.717, 1.165) is 24.0 Å². The lowest BCUT2D eigenvalue weighted by atomic mass is 9.88. The number of benzene rings is 1. The lowest BCUT2D eigenvalue weighted by Crippen LogP contribution is -2.54. The van der Waals surface area contributed by atoms with Crippen LogP contribution in [0.15, 0.2) is 24.3 Å². The third-order valence-electron chi connectivity index (χ3n) is 3.83. The Hall–Kier alpha value is -1.35. The van der Waals surface area contributed by atoms with Gasteiger partial charge in [-0.1, -0.05) is 18.2 Å². The van der Waals surface area contributed by atoms with Gasteiger partial charge in [0.25, 0.3) is 5.91 Å². The number of carbonyl (C=O) groups is 1. The number of amides is 1. The first-order valence-electron chi connectivity index (χ1n) is 6.47. The average Bonchev–Trinajstić information content (AvgIpc) is 2.32. The highest BCUT2D eigenvalue weighted by Crippen LogP contribution is 2.29. The topological polar surface area (TPSA) is 40.5 Å². The Labute approximate surface area is 108 Å². The van der Waals surface area contributed by atoms with E-state index in [0.29, 0.717) is 6.54 Å². The molecular weight excluding hydrogens is 226 g/mol. The van der Waals surface area contributed by atoms with Gasteiger partial charge in [0.15, 0.2) is 0 Å². The number of hydrogen-bond acceptors (Lipinski definition) is 2. The highest BCUT2D eigenvalue weighted by Gasteiger charge is 2.37. The highest BCUT2D eigenvalue weighted by molar-refractivity contribution is 5.96. The molecule has 1 atom stereocenters. The molecule has 1 fully saturated rings. The summed E-state index contributed by atoms with van der Waals surface area (Å²) in [5.74, 6) is 0.0249. The van der Waals surface area contributed by atoms with Gasteiger partial charge in [-0.25, -0.2) is 0 Å². The Morgan fingerprint density at radius 2 is 2.06 bits per heavy atom. The Bertz CT molecular complexity index is 454. The number of rotatable bonds is 1. The molecule has 0 aromatic heterocycles. The van der Waals surface area contributed by atoms with Gasteiger partial charge in [-0.2, -0.15) is 0 Å². The molecular formula is C15H21NO2. The third-order valence-corrected chi connectivity index (χ3v) is 3.83. The Morgan fingerprint density at radius 1 is 1.39 bits per heavy atom. The predicted octanol–water partition coefficient (Wildman–Crippen LogP) is 2.37. The number of carbonyl (C=O) groups excluding carboxylic acids is 1. The molecule has 1 N–H and O–H groups in total. The van der Waals surface area contributed by atoms with Gasteiger partial charge >= 0.3 is 0 Å². The molecule has 18 heavy (non-hydrogen) atoms. The van der Waals surface area contributed by atoms with E-state index in [9.17, 15) is 9.90 Å². The fourth-order valence-electron chi connectivity index (χ4n) is 2.52. The van der Waals surface area contributed by atoms with Gasteiger partial charge in [0.1, 0.15) is 0 Å². The first-order chi connectivity index (χ1) is 8.42. The van der Waals surface area contributed by atoms with Crippen LogP contribution >= 0.6 is 0 Å². The van der Waals surface area contributed by atoms with Crippen LogP contribution in [0.25, 0.3) is 0 Å². The molecule has 0 aliphatic carbocycles. The van der Waals surface area contributed by atoms with Crippen molar-refractivity contribution in [2.45, 2.75) is 45.3 Å². The maximum absolute atomic E-state index is 12.6. The van der Waals surface area contributed by atoms with E-state index in [1.807, 2.05) is 36.1 Å². The van der Waals surface area contributed by atoms with E-state index < -0.39 is 6.10 Å². The van der Waals surface area contributed by atoms with Crippen molar-refractivity contribution in [3.63, 3.8) is 0 Å². The molecule has 1 aliphatic rings. The maximum atomic E-state index is 12.6. The minimum Gasteiger partial charge on any atom is -0.391 e. The van der Waals surface area contributed by atoms with Crippen LogP contribution in [0, 0.1) is 6.92 Å².